The minimum absolute atomic E-state index is 0.0134. The summed E-state index contributed by atoms with van der Waals surface area (Å²) in [5.41, 5.74) is 4.81. The molecule has 8 heteroatoms. The molecule has 1 rings (SSSR count). The zero-order chi connectivity index (χ0) is 12.3. The fourth-order valence-corrected chi connectivity index (χ4v) is 1.27. The Hall–Kier alpha value is -1.70. The van der Waals surface area contributed by atoms with Crippen LogP contribution in [-0.2, 0) is 4.79 Å². The molecular formula is C8H9BrN4O3. The molecule has 0 radical (unpaired) electrons. The van der Waals surface area contributed by atoms with Crippen LogP contribution in [0.5, 0.6) is 0 Å². The summed E-state index contributed by atoms with van der Waals surface area (Å²) in [5.74, 6) is -0.599. The summed E-state index contributed by atoms with van der Waals surface area (Å²) in [6.07, 6.45) is 1.39. The van der Waals surface area contributed by atoms with E-state index in [1.165, 1.54) is 19.2 Å². The topological polar surface area (TPSA) is 111 Å². The molecular weight excluding hydrogens is 280 g/mol. The fraction of sp³-hybridized carbons (Fsp3) is 0.250. The number of hydrogen-bond acceptors (Lipinski definition) is 5. The van der Waals surface area contributed by atoms with Gasteiger partial charge >= 0.3 is 5.69 Å². The number of nitrogens with one attached hydrogen (secondary N) is 1. The molecule has 1 atom stereocenters. The van der Waals surface area contributed by atoms with Gasteiger partial charge in [-0.2, -0.15) is 0 Å². The lowest BCUT2D eigenvalue weighted by molar-refractivity contribution is -0.384. The molecule has 0 bridgehead atoms. The molecule has 0 aliphatic rings. The molecule has 86 valence electrons. The maximum absolute atomic E-state index is 10.8. The summed E-state index contributed by atoms with van der Waals surface area (Å²) in [7, 11) is 0. The lowest BCUT2D eigenvalue weighted by atomic mass is 10.3. The van der Waals surface area contributed by atoms with E-state index in [2.05, 4.69) is 26.2 Å². The van der Waals surface area contributed by atoms with Gasteiger partial charge in [0.25, 0.3) is 0 Å². The summed E-state index contributed by atoms with van der Waals surface area (Å²) in [4.78, 5) is 24.7. The Kier molecular flexibility index (Phi) is 3.78. The fourth-order valence-electron chi connectivity index (χ4n) is 0.955. The van der Waals surface area contributed by atoms with Crippen LogP contribution in [0, 0.1) is 10.1 Å². The second kappa shape index (κ2) is 4.88. The van der Waals surface area contributed by atoms with E-state index in [1.54, 1.807) is 0 Å². The Morgan fingerprint density at radius 1 is 1.75 bits per heavy atom. The van der Waals surface area contributed by atoms with E-state index in [-0.39, 0.29) is 11.5 Å². The molecule has 0 aromatic carbocycles. The van der Waals surface area contributed by atoms with E-state index in [0.29, 0.717) is 4.47 Å². The van der Waals surface area contributed by atoms with E-state index in [4.69, 9.17) is 5.73 Å². The monoisotopic (exact) mass is 288 g/mol. The Morgan fingerprint density at radius 3 is 2.88 bits per heavy atom. The van der Waals surface area contributed by atoms with Crippen molar-refractivity contribution in [2.45, 2.75) is 13.0 Å². The van der Waals surface area contributed by atoms with Crippen LogP contribution in [0.2, 0.25) is 0 Å². The normalized spacial score (nSPS) is 11.9. The molecule has 0 saturated heterocycles. The maximum atomic E-state index is 10.8. The first kappa shape index (κ1) is 12.4. The molecule has 1 heterocycles. The third-order valence-electron chi connectivity index (χ3n) is 1.81. The van der Waals surface area contributed by atoms with Crippen LogP contribution in [0.1, 0.15) is 6.92 Å². The first-order valence-electron chi connectivity index (χ1n) is 4.27. The van der Waals surface area contributed by atoms with E-state index in [1.807, 2.05) is 0 Å². The van der Waals surface area contributed by atoms with Crippen molar-refractivity contribution in [3.8, 4) is 0 Å². The maximum Gasteiger partial charge on any atom is 0.312 e. The molecule has 0 spiro atoms. The minimum Gasteiger partial charge on any atom is -0.368 e. The van der Waals surface area contributed by atoms with Gasteiger partial charge in [-0.05, 0) is 22.9 Å². The first-order valence-corrected chi connectivity index (χ1v) is 5.07. The van der Waals surface area contributed by atoms with Crippen molar-refractivity contribution in [1.29, 1.82) is 0 Å². The number of carbonyl (C=O) groups excluding carboxylic acids is 1. The number of hydrogen-bond donors (Lipinski definition) is 2. The summed E-state index contributed by atoms with van der Waals surface area (Å²) < 4.78 is 0.483. The average Bonchev–Trinajstić information content (AvgIpc) is 2.20. The quantitative estimate of drug-likeness (QED) is 0.635. The number of primary amides is 1. The third-order valence-corrected chi connectivity index (χ3v) is 2.24. The number of rotatable bonds is 4. The van der Waals surface area contributed by atoms with Crippen LogP contribution < -0.4 is 11.1 Å². The number of halogens is 1. The zero-order valence-electron chi connectivity index (χ0n) is 8.31. The molecule has 1 amide bonds. The molecule has 16 heavy (non-hydrogen) atoms. The van der Waals surface area contributed by atoms with Crippen LogP contribution >= 0.6 is 15.9 Å². The van der Waals surface area contributed by atoms with Crippen LogP contribution in [0.4, 0.5) is 11.5 Å². The second-order valence-corrected chi connectivity index (χ2v) is 3.96. The Balaban J connectivity index is 3.04. The Labute approximate surface area is 99.3 Å². The van der Waals surface area contributed by atoms with Crippen molar-refractivity contribution in [2.24, 2.45) is 5.73 Å². The van der Waals surface area contributed by atoms with Gasteiger partial charge < -0.3 is 11.1 Å². The standard InChI is InChI=1S/C8H9BrN4O3/c1-4(7(10)14)12-8-6(13(15)16)2-5(9)3-11-8/h2-4H,1H3,(H2,10,14)(H,11,12). The number of nitrogens with zero attached hydrogens (tertiary/aromatic N) is 2. The van der Waals surface area contributed by atoms with Gasteiger partial charge in [0.2, 0.25) is 11.7 Å². The number of carbonyl (C=O) groups is 1. The van der Waals surface area contributed by atoms with Gasteiger partial charge in [-0.1, -0.05) is 0 Å². The van der Waals surface area contributed by atoms with Gasteiger partial charge in [0, 0.05) is 16.7 Å². The van der Waals surface area contributed by atoms with E-state index in [9.17, 15) is 14.9 Å². The van der Waals surface area contributed by atoms with Gasteiger partial charge in [0.15, 0.2) is 0 Å². The number of pyridine rings is 1. The number of aromatic nitrogens is 1. The predicted octanol–water partition coefficient (Wildman–Crippen LogP) is 1.04. The van der Waals surface area contributed by atoms with Gasteiger partial charge in [-0.3, -0.25) is 14.9 Å². The largest absolute Gasteiger partial charge is 0.368 e. The first-order chi connectivity index (χ1) is 7.41. The highest BCUT2D eigenvalue weighted by Crippen LogP contribution is 2.25. The highest BCUT2D eigenvalue weighted by Gasteiger charge is 2.19. The van der Waals surface area contributed by atoms with Crippen molar-refractivity contribution < 1.29 is 9.72 Å². The van der Waals surface area contributed by atoms with Gasteiger partial charge in [0.05, 0.1) is 4.92 Å². The molecule has 1 aromatic heterocycles. The lowest BCUT2D eigenvalue weighted by Crippen LogP contribution is -2.33. The molecule has 0 fully saturated rings. The molecule has 1 unspecified atom stereocenters. The van der Waals surface area contributed by atoms with Crippen LogP contribution in [0.3, 0.4) is 0 Å². The van der Waals surface area contributed by atoms with Crippen LogP contribution in [-0.4, -0.2) is 21.9 Å². The summed E-state index contributed by atoms with van der Waals surface area (Å²) in [5, 5.41) is 13.3. The highest BCUT2D eigenvalue weighted by atomic mass is 79.9. The van der Waals surface area contributed by atoms with Crippen molar-refractivity contribution in [1.82, 2.24) is 4.98 Å². The van der Waals surface area contributed by atoms with Crippen LogP contribution in [0.15, 0.2) is 16.7 Å². The van der Waals surface area contributed by atoms with Gasteiger partial charge in [-0.15, -0.1) is 0 Å². The molecule has 0 aliphatic carbocycles. The molecule has 1 aromatic rings. The number of nitro groups is 1. The summed E-state index contributed by atoms with van der Waals surface area (Å²) in [6, 6.07) is 0.565. The molecule has 7 nitrogen and oxygen atoms in total. The van der Waals surface area contributed by atoms with Crippen molar-refractivity contribution in [3.63, 3.8) is 0 Å². The minimum atomic E-state index is -0.729. The smallest absolute Gasteiger partial charge is 0.312 e. The van der Waals surface area contributed by atoms with Crippen molar-refractivity contribution >= 4 is 33.3 Å². The predicted molar refractivity (Wildman–Crippen MR) is 60.9 cm³/mol. The summed E-state index contributed by atoms with van der Waals surface area (Å²) in [6.45, 7) is 1.50. The Bertz CT molecular complexity index is 437. The molecule has 3 N–H and O–H groups in total. The second-order valence-electron chi connectivity index (χ2n) is 3.05. The van der Waals surface area contributed by atoms with Crippen LogP contribution in [0.25, 0.3) is 0 Å². The van der Waals surface area contributed by atoms with Gasteiger partial charge in [-0.25, -0.2) is 4.98 Å². The van der Waals surface area contributed by atoms with E-state index < -0.39 is 16.9 Å². The number of anilines is 1. The summed E-state index contributed by atoms with van der Waals surface area (Å²) >= 11 is 3.07. The number of amides is 1. The zero-order valence-corrected chi connectivity index (χ0v) is 9.89. The van der Waals surface area contributed by atoms with E-state index >= 15 is 0 Å². The van der Waals surface area contributed by atoms with E-state index in [0.717, 1.165) is 0 Å². The lowest BCUT2D eigenvalue weighted by Gasteiger charge is -2.10. The average molecular weight is 289 g/mol. The van der Waals surface area contributed by atoms with Crippen molar-refractivity contribution in [2.75, 3.05) is 5.32 Å². The number of nitrogens with two attached hydrogens (primary N) is 1. The SMILES string of the molecule is CC(Nc1ncc(Br)cc1[N+](=O)[O-])C(N)=O. The Morgan fingerprint density at radius 2 is 2.38 bits per heavy atom. The van der Waals surface area contributed by atoms with Crippen molar-refractivity contribution in [3.05, 3.63) is 26.9 Å². The molecule has 0 saturated carbocycles. The van der Waals surface area contributed by atoms with Gasteiger partial charge in [0.1, 0.15) is 6.04 Å². The third kappa shape index (κ3) is 2.89. The highest BCUT2D eigenvalue weighted by molar-refractivity contribution is 9.10. The molecule has 0 aliphatic heterocycles.